The van der Waals surface area contributed by atoms with Crippen molar-refractivity contribution in [2.45, 2.75) is 22.6 Å². The molecule has 2 aliphatic heterocycles. The van der Waals surface area contributed by atoms with Crippen LogP contribution >= 0.6 is 34.4 Å². The number of thiazole rings is 1. The molecule has 7 unspecified atom stereocenters. The third-order valence-electron chi connectivity index (χ3n) is 7.90. The van der Waals surface area contributed by atoms with Crippen LogP contribution in [0.4, 0.5) is 5.69 Å². The van der Waals surface area contributed by atoms with Crippen LogP contribution < -0.4 is 14.5 Å². The zero-order valence-corrected chi connectivity index (χ0v) is 20.0. The Labute approximate surface area is 202 Å². The van der Waals surface area contributed by atoms with Gasteiger partial charge in [0, 0.05) is 20.9 Å². The maximum Gasteiger partial charge on any atom is 0.305 e. The highest BCUT2D eigenvalue weighted by atomic mass is 32.2. The van der Waals surface area contributed by atoms with Crippen LogP contribution in [-0.4, -0.2) is 29.2 Å². The molecule has 6 nitrogen and oxygen atoms in total. The molecule has 7 atom stereocenters. The number of ether oxygens (including phenoxy) is 1. The van der Waals surface area contributed by atoms with Crippen molar-refractivity contribution in [2.75, 3.05) is 12.0 Å². The number of aromatic amines is 1. The van der Waals surface area contributed by atoms with E-state index in [2.05, 4.69) is 22.5 Å². The van der Waals surface area contributed by atoms with E-state index in [1.54, 1.807) is 54.5 Å². The van der Waals surface area contributed by atoms with E-state index in [0.717, 1.165) is 16.3 Å². The lowest BCUT2D eigenvalue weighted by Crippen LogP contribution is -2.42. The first-order valence-corrected chi connectivity index (χ1v) is 13.6. The second-order valence-corrected chi connectivity index (χ2v) is 12.4. The molecule has 168 valence electrons. The number of nitrogens with zero attached hydrogens (tertiary/aromatic N) is 1. The van der Waals surface area contributed by atoms with Gasteiger partial charge in [-0.15, -0.1) is 23.1 Å². The van der Waals surface area contributed by atoms with Gasteiger partial charge in [-0.2, -0.15) is 0 Å². The molecule has 9 heteroatoms. The van der Waals surface area contributed by atoms with Crippen molar-refractivity contribution in [1.29, 1.82) is 0 Å². The van der Waals surface area contributed by atoms with E-state index in [0.29, 0.717) is 11.4 Å². The zero-order chi connectivity index (χ0) is 22.4. The highest BCUT2D eigenvalue weighted by Crippen LogP contribution is 2.68. The van der Waals surface area contributed by atoms with Crippen LogP contribution in [0.5, 0.6) is 5.75 Å². The van der Waals surface area contributed by atoms with E-state index in [-0.39, 0.29) is 57.4 Å². The summed E-state index contributed by atoms with van der Waals surface area (Å²) in [5.41, 5.74) is 0.619. The van der Waals surface area contributed by atoms with Gasteiger partial charge in [-0.25, -0.2) is 0 Å². The van der Waals surface area contributed by atoms with E-state index in [1.165, 1.54) is 21.1 Å². The number of benzene rings is 1. The van der Waals surface area contributed by atoms with Crippen molar-refractivity contribution in [3.8, 4) is 5.75 Å². The molecule has 2 bridgehead atoms. The number of rotatable bonds is 3. The Hall–Kier alpha value is -2.36. The van der Waals surface area contributed by atoms with Gasteiger partial charge < -0.3 is 9.72 Å². The van der Waals surface area contributed by atoms with E-state index >= 15 is 0 Å². The van der Waals surface area contributed by atoms with Gasteiger partial charge in [0.2, 0.25) is 11.8 Å². The summed E-state index contributed by atoms with van der Waals surface area (Å²) >= 11 is 4.74. The fraction of sp³-hybridized carbons (Fsp3) is 0.375. The standard InChI is InChI=1S/C24H20N2O4S3/c1-30-11-6-4-10(5-7-11)26-22(27)16-12-9-13(17(16)23(26)28)19-15(12)18(14-3-2-8-31-14)20-21(32-19)25-24(29)33-20/h2-8,12-13,15-19H,9H2,1H3,(H,25,29). The predicted molar refractivity (Wildman–Crippen MR) is 128 cm³/mol. The number of carbonyl (C=O) groups excluding carboxylic acids is 2. The van der Waals surface area contributed by atoms with Gasteiger partial charge in [-0.05, 0) is 59.9 Å². The summed E-state index contributed by atoms with van der Waals surface area (Å²) in [6.07, 6.45) is 0.909. The number of imide groups is 1. The number of nitrogens with one attached hydrogen (secondary N) is 1. The Kier molecular flexibility index (Phi) is 4.30. The normalized spacial score (nSPS) is 33.8. The Bertz CT molecular complexity index is 1330. The fourth-order valence-corrected chi connectivity index (χ4v) is 10.6. The van der Waals surface area contributed by atoms with Gasteiger partial charge in [0.05, 0.1) is 29.7 Å². The molecule has 33 heavy (non-hydrogen) atoms. The number of amides is 2. The van der Waals surface area contributed by atoms with Crippen LogP contribution in [0.25, 0.3) is 0 Å². The number of H-pyrrole nitrogens is 1. The van der Waals surface area contributed by atoms with Crippen molar-refractivity contribution in [1.82, 2.24) is 4.98 Å². The summed E-state index contributed by atoms with van der Waals surface area (Å²) in [4.78, 5) is 46.3. The van der Waals surface area contributed by atoms with Crippen LogP contribution in [-0.2, 0) is 9.59 Å². The molecule has 3 fully saturated rings. The monoisotopic (exact) mass is 496 g/mol. The maximum atomic E-state index is 13.7. The molecule has 3 aromatic rings. The van der Waals surface area contributed by atoms with Crippen LogP contribution in [0.2, 0.25) is 0 Å². The summed E-state index contributed by atoms with van der Waals surface area (Å²) in [5, 5.41) is 3.26. The van der Waals surface area contributed by atoms with E-state index in [9.17, 15) is 14.4 Å². The minimum absolute atomic E-state index is 0.0283. The number of thioether (sulfide) groups is 1. The first-order valence-electron chi connectivity index (χ1n) is 11.0. The first-order chi connectivity index (χ1) is 16.1. The number of anilines is 1. The molecule has 2 amide bonds. The summed E-state index contributed by atoms with van der Waals surface area (Å²) in [6, 6.07) is 11.3. The third-order valence-corrected chi connectivity index (χ3v) is 11.4. The van der Waals surface area contributed by atoms with Gasteiger partial charge in [-0.1, -0.05) is 17.4 Å². The molecule has 1 saturated heterocycles. The highest BCUT2D eigenvalue weighted by molar-refractivity contribution is 8.00. The molecular weight excluding hydrogens is 476 g/mol. The van der Waals surface area contributed by atoms with Crippen molar-refractivity contribution in [3.05, 3.63) is 61.2 Å². The average Bonchev–Trinajstić information content (AvgIpc) is 3.61. The number of hydrogen-bond acceptors (Lipinski definition) is 7. The highest BCUT2D eigenvalue weighted by Gasteiger charge is 2.69. The molecule has 0 radical (unpaired) electrons. The second kappa shape index (κ2) is 7.07. The number of carbonyl (C=O) groups is 2. The topological polar surface area (TPSA) is 79.5 Å². The third kappa shape index (κ3) is 2.64. The summed E-state index contributed by atoms with van der Waals surface area (Å²) in [5.74, 6) is 0.682. The van der Waals surface area contributed by atoms with Gasteiger partial charge in [-0.3, -0.25) is 19.3 Å². The van der Waals surface area contributed by atoms with Crippen LogP contribution in [0.1, 0.15) is 22.1 Å². The average molecular weight is 497 g/mol. The van der Waals surface area contributed by atoms with Crippen LogP contribution in [0.3, 0.4) is 0 Å². The van der Waals surface area contributed by atoms with Gasteiger partial charge >= 0.3 is 4.87 Å². The quantitative estimate of drug-likeness (QED) is 0.550. The van der Waals surface area contributed by atoms with E-state index in [1.807, 2.05) is 0 Å². The number of methoxy groups -OCH3 is 1. The number of hydrogen-bond donors (Lipinski definition) is 1. The van der Waals surface area contributed by atoms with Crippen molar-refractivity contribution in [3.63, 3.8) is 0 Å². The SMILES string of the molecule is COc1ccc(N2C(=O)C3C4CC(C3C2=O)C2C(c3cccs3)c3sc(=O)[nH]c3SC42)cc1. The molecule has 0 spiro atoms. The molecule has 2 aliphatic carbocycles. The van der Waals surface area contributed by atoms with Gasteiger partial charge in [0.15, 0.2) is 0 Å². The number of thiophene rings is 1. The molecule has 1 N–H and O–H groups in total. The molecule has 2 saturated carbocycles. The Morgan fingerprint density at radius 2 is 1.79 bits per heavy atom. The predicted octanol–water partition coefficient (Wildman–Crippen LogP) is 4.18. The lowest BCUT2D eigenvalue weighted by molar-refractivity contribution is -0.123. The summed E-state index contributed by atoms with van der Waals surface area (Å²) in [6.45, 7) is 0. The minimum Gasteiger partial charge on any atom is -0.497 e. The van der Waals surface area contributed by atoms with Crippen LogP contribution in [0.15, 0.2) is 51.6 Å². The fourth-order valence-electron chi connectivity index (χ4n) is 6.79. The summed E-state index contributed by atoms with van der Waals surface area (Å²) in [7, 11) is 1.60. The van der Waals surface area contributed by atoms with Crippen molar-refractivity contribution < 1.29 is 14.3 Å². The Balaban J connectivity index is 1.30. The molecule has 4 aliphatic rings. The number of fused-ring (bicyclic) bond motifs is 9. The van der Waals surface area contributed by atoms with Crippen molar-refractivity contribution >= 4 is 51.9 Å². The lowest BCUT2D eigenvalue weighted by Gasteiger charge is -2.42. The maximum absolute atomic E-state index is 13.7. The van der Waals surface area contributed by atoms with Gasteiger partial charge in [0.1, 0.15) is 5.75 Å². The first kappa shape index (κ1) is 20.1. The van der Waals surface area contributed by atoms with Gasteiger partial charge in [0.25, 0.3) is 0 Å². The largest absolute Gasteiger partial charge is 0.497 e. The molecule has 2 aromatic heterocycles. The molecule has 1 aromatic carbocycles. The van der Waals surface area contributed by atoms with Crippen LogP contribution in [0, 0.1) is 29.6 Å². The Morgan fingerprint density at radius 1 is 1.03 bits per heavy atom. The summed E-state index contributed by atoms with van der Waals surface area (Å²) < 4.78 is 5.23. The second-order valence-electron chi connectivity index (χ2n) is 9.19. The molecule has 7 rings (SSSR count). The molecule has 4 heterocycles. The number of aromatic nitrogens is 1. The van der Waals surface area contributed by atoms with E-state index < -0.39 is 0 Å². The minimum atomic E-state index is -0.272. The van der Waals surface area contributed by atoms with E-state index in [4.69, 9.17) is 4.74 Å². The Morgan fingerprint density at radius 3 is 2.48 bits per heavy atom. The molecular formula is C24H20N2O4S3. The zero-order valence-electron chi connectivity index (χ0n) is 17.6. The van der Waals surface area contributed by atoms with Crippen molar-refractivity contribution in [2.24, 2.45) is 29.6 Å². The lowest BCUT2D eigenvalue weighted by atomic mass is 9.69. The smallest absolute Gasteiger partial charge is 0.305 e.